The van der Waals surface area contributed by atoms with Crippen molar-refractivity contribution in [2.24, 2.45) is 0 Å². The highest BCUT2D eigenvalue weighted by Gasteiger charge is 2.03. The van der Waals surface area contributed by atoms with Crippen molar-refractivity contribution in [3.05, 3.63) is 24.0 Å². The highest BCUT2D eigenvalue weighted by atomic mass is 16.3. The molecule has 0 bridgehead atoms. The van der Waals surface area contributed by atoms with E-state index < -0.39 is 0 Å². The lowest BCUT2D eigenvalue weighted by Crippen LogP contribution is -2.01. The number of aliphatic hydroxyl groups excluding tert-OH is 1. The van der Waals surface area contributed by atoms with E-state index in [1.54, 1.807) is 18.3 Å². The minimum absolute atomic E-state index is 0.0486. The molecule has 0 amide bonds. The Morgan fingerprint density at radius 2 is 2.50 bits per heavy atom. The van der Waals surface area contributed by atoms with Gasteiger partial charge in [-0.15, -0.1) is 0 Å². The predicted molar refractivity (Wildman–Crippen MR) is 36.8 cm³/mol. The molecule has 1 aromatic heterocycles. The monoisotopic (exact) mass is 139 g/mol. The molecular formula is C7H9NO2. The maximum absolute atomic E-state index is 10.9. The molecule has 0 spiro atoms. The van der Waals surface area contributed by atoms with Crippen LogP contribution in [0.15, 0.2) is 18.3 Å². The van der Waals surface area contributed by atoms with Crippen LogP contribution in [-0.4, -0.2) is 22.5 Å². The Hall–Kier alpha value is -1.09. The smallest absolute Gasteiger partial charge is 0.181 e. The van der Waals surface area contributed by atoms with Gasteiger partial charge in [-0.3, -0.25) is 4.79 Å². The van der Waals surface area contributed by atoms with Crippen LogP contribution in [0.3, 0.4) is 0 Å². The molecule has 0 saturated carbocycles. The van der Waals surface area contributed by atoms with Gasteiger partial charge in [0.15, 0.2) is 5.78 Å². The van der Waals surface area contributed by atoms with Crippen LogP contribution in [0, 0.1) is 0 Å². The maximum Gasteiger partial charge on any atom is 0.181 e. The van der Waals surface area contributed by atoms with Crippen molar-refractivity contribution in [1.29, 1.82) is 0 Å². The molecule has 0 radical (unpaired) electrons. The molecule has 1 rings (SSSR count). The van der Waals surface area contributed by atoms with Crippen LogP contribution >= 0.6 is 0 Å². The van der Waals surface area contributed by atoms with Gasteiger partial charge in [0, 0.05) is 12.6 Å². The van der Waals surface area contributed by atoms with E-state index in [1.807, 2.05) is 0 Å². The van der Waals surface area contributed by atoms with Crippen molar-refractivity contribution in [3.63, 3.8) is 0 Å². The van der Waals surface area contributed by atoms with Gasteiger partial charge in [0.1, 0.15) is 0 Å². The first-order valence-electron chi connectivity index (χ1n) is 3.12. The fourth-order valence-electron chi connectivity index (χ4n) is 0.740. The van der Waals surface area contributed by atoms with Gasteiger partial charge < -0.3 is 10.1 Å². The number of carbonyl (C=O) groups excluding carboxylic acids is 1. The number of ketones is 1. The fraction of sp³-hybridized carbons (Fsp3) is 0.286. The van der Waals surface area contributed by atoms with E-state index in [9.17, 15) is 4.79 Å². The summed E-state index contributed by atoms with van der Waals surface area (Å²) in [6.07, 6.45) is 1.88. The van der Waals surface area contributed by atoms with E-state index >= 15 is 0 Å². The molecule has 10 heavy (non-hydrogen) atoms. The molecule has 1 heterocycles. The van der Waals surface area contributed by atoms with Crippen LogP contribution in [-0.2, 0) is 0 Å². The standard InChI is InChI=1S/C7H9NO2/c9-5-3-7(10)6-2-1-4-8-6/h1-2,4,8-9H,3,5H2. The Labute approximate surface area is 58.7 Å². The van der Waals surface area contributed by atoms with Crippen molar-refractivity contribution in [2.75, 3.05) is 6.61 Å². The zero-order valence-corrected chi connectivity index (χ0v) is 5.50. The SMILES string of the molecule is O=C(CCO)c1ccc[nH]1. The van der Waals surface area contributed by atoms with Crippen molar-refractivity contribution in [2.45, 2.75) is 6.42 Å². The highest BCUT2D eigenvalue weighted by Crippen LogP contribution is 1.98. The largest absolute Gasteiger partial charge is 0.396 e. The average molecular weight is 139 g/mol. The van der Waals surface area contributed by atoms with Gasteiger partial charge >= 0.3 is 0 Å². The minimum Gasteiger partial charge on any atom is -0.396 e. The van der Waals surface area contributed by atoms with Gasteiger partial charge in [0.2, 0.25) is 0 Å². The van der Waals surface area contributed by atoms with Crippen molar-refractivity contribution in [3.8, 4) is 0 Å². The molecule has 0 atom stereocenters. The van der Waals surface area contributed by atoms with Gasteiger partial charge in [0.25, 0.3) is 0 Å². The summed E-state index contributed by atoms with van der Waals surface area (Å²) in [5, 5.41) is 8.40. The maximum atomic E-state index is 10.9. The second-order valence-corrected chi connectivity index (χ2v) is 1.98. The number of rotatable bonds is 3. The van der Waals surface area contributed by atoms with Crippen molar-refractivity contribution >= 4 is 5.78 Å². The summed E-state index contributed by atoms with van der Waals surface area (Å²) >= 11 is 0. The van der Waals surface area contributed by atoms with Gasteiger partial charge in [-0.1, -0.05) is 0 Å². The summed E-state index contributed by atoms with van der Waals surface area (Å²) in [6, 6.07) is 3.45. The number of hydrogen-bond acceptors (Lipinski definition) is 2. The number of Topliss-reactive ketones (excluding diaryl/α,β-unsaturated/α-hetero) is 1. The van der Waals surface area contributed by atoms with E-state index in [2.05, 4.69) is 4.98 Å². The number of aromatic nitrogens is 1. The third-order valence-corrected chi connectivity index (χ3v) is 1.24. The third-order valence-electron chi connectivity index (χ3n) is 1.24. The molecular weight excluding hydrogens is 130 g/mol. The molecule has 0 aliphatic carbocycles. The molecule has 0 fully saturated rings. The van der Waals surface area contributed by atoms with E-state index in [0.717, 1.165) is 0 Å². The zero-order chi connectivity index (χ0) is 7.40. The minimum atomic E-state index is -0.0855. The van der Waals surface area contributed by atoms with Crippen LogP contribution in [0.25, 0.3) is 0 Å². The second kappa shape index (κ2) is 3.17. The van der Waals surface area contributed by atoms with Crippen LogP contribution in [0.1, 0.15) is 16.9 Å². The number of nitrogens with one attached hydrogen (secondary N) is 1. The lowest BCUT2D eigenvalue weighted by atomic mass is 10.2. The van der Waals surface area contributed by atoms with Gasteiger partial charge in [-0.2, -0.15) is 0 Å². The van der Waals surface area contributed by atoms with Gasteiger partial charge in [-0.05, 0) is 12.1 Å². The Balaban J connectivity index is 2.59. The zero-order valence-electron chi connectivity index (χ0n) is 5.50. The summed E-state index contributed by atoms with van der Waals surface area (Å²) in [4.78, 5) is 13.7. The van der Waals surface area contributed by atoms with Crippen molar-refractivity contribution in [1.82, 2.24) is 4.98 Å². The number of aromatic amines is 1. The van der Waals surface area contributed by atoms with Crippen LogP contribution < -0.4 is 0 Å². The summed E-state index contributed by atoms with van der Waals surface area (Å²) in [5.41, 5.74) is 0.564. The summed E-state index contributed by atoms with van der Waals surface area (Å²) in [5.74, 6) is -0.0486. The molecule has 0 aliphatic heterocycles. The van der Waals surface area contributed by atoms with E-state index in [1.165, 1.54) is 0 Å². The quantitative estimate of drug-likeness (QED) is 0.602. The number of aliphatic hydroxyl groups is 1. The molecule has 2 N–H and O–H groups in total. The van der Waals surface area contributed by atoms with Crippen LogP contribution in [0.2, 0.25) is 0 Å². The first-order chi connectivity index (χ1) is 4.84. The van der Waals surface area contributed by atoms with Gasteiger partial charge in [-0.25, -0.2) is 0 Å². The summed E-state index contributed by atoms with van der Waals surface area (Å²) in [6.45, 7) is -0.0855. The van der Waals surface area contributed by atoms with E-state index in [0.29, 0.717) is 5.69 Å². The predicted octanol–water partition coefficient (Wildman–Crippen LogP) is 0.580. The molecule has 3 heteroatoms. The first kappa shape index (κ1) is 7.02. The van der Waals surface area contributed by atoms with Crippen molar-refractivity contribution < 1.29 is 9.90 Å². The lowest BCUT2D eigenvalue weighted by molar-refractivity contribution is 0.0952. The molecule has 54 valence electrons. The Morgan fingerprint density at radius 1 is 1.70 bits per heavy atom. The van der Waals surface area contributed by atoms with E-state index in [4.69, 9.17) is 5.11 Å². The number of H-pyrrole nitrogens is 1. The molecule has 0 aliphatic rings. The van der Waals surface area contributed by atoms with E-state index in [-0.39, 0.29) is 18.8 Å². The summed E-state index contributed by atoms with van der Waals surface area (Å²) < 4.78 is 0. The molecule has 0 unspecified atom stereocenters. The van der Waals surface area contributed by atoms with Crippen LogP contribution in [0.5, 0.6) is 0 Å². The second-order valence-electron chi connectivity index (χ2n) is 1.98. The molecule has 3 nitrogen and oxygen atoms in total. The fourth-order valence-corrected chi connectivity index (χ4v) is 0.740. The molecule has 1 aromatic rings. The average Bonchev–Trinajstić information content (AvgIpc) is 2.38. The lowest BCUT2D eigenvalue weighted by Gasteiger charge is -1.91. The number of carbonyl (C=O) groups is 1. The Morgan fingerprint density at radius 3 is 3.00 bits per heavy atom. The highest BCUT2D eigenvalue weighted by molar-refractivity contribution is 5.94. The molecule has 0 aromatic carbocycles. The summed E-state index contributed by atoms with van der Waals surface area (Å²) in [7, 11) is 0. The third kappa shape index (κ3) is 1.45. The molecule has 0 saturated heterocycles. The Kier molecular flexibility index (Phi) is 2.23. The topological polar surface area (TPSA) is 53.1 Å². The van der Waals surface area contributed by atoms with Gasteiger partial charge in [0.05, 0.1) is 12.3 Å². The normalized spacial score (nSPS) is 9.70. The Bertz CT molecular complexity index is 203. The number of hydrogen-bond donors (Lipinski definition) is 2. The first-order valence-corrected chi connectivity index (χ1v) is 3.12. The van der Waals surface area contributed by atoms with Crippen LogP contribution in [0.4, 0.5) is 0 Å².